The number of methoxy groups -OCH3 is 1. The molecule has 10 heteroatoms. The average Bonchev–Trinajstić information content (AvgIpc) is 2.99. The molecule has 43 heavy (non-hydrogen) atoms. The summed E-state index contributed by atoms with van der Waals surface area (Å²) in [7, 11) is 3.65. The molecule has 0 amide bonds. The standard InChI is InChI=1S/C33H47BrN7OP/c1-22(2)24-8-9-27(31(19-24)43(6)7)36-32-26(34)21-35-33(38-32)37-28-18-23(3)29(20-30(28)42-5)41-12-10-25(11-13-41)40-16-14-39(4)15-17-40/h8-9,18-22,25H,10-17H2,1-7H3,(H2,35,36,37,38). The molecular weight excluding hydrogens is 621 g/mol. The minimum Gasteiger partial charge on any atom is -0.494 e. The van der Waals surface area contributed by atoms with Gasteiger partial charge in [0, 0.05) is 68.9 Å². The summed E-state index contributed by atoms with van der Waals surface area (Å²) >= 11 is 3.65. The second-order valence-corrected chi connectivity index (χ2v) is 15.5. The molecule has 5 rings (SSSR count). The van der Waals surface area contributed by atoms with E-state index in [1.165, 1.54) is 61.1 Å². The van der Waals surface area contributed by atoms with Gasteiger partial charge in [-0.15, -0.1) is 0 Å². The van der Waals surface area contributed by atoms with Crippen LogP contribution in [-0.4, -0.2) is 92.6 Å². The Morgan fingerprint density at radius 3 is 2.35 bits per heavy atom. The lowest BCUT2D eigenvalue weighted by Gasteiger charge is -2.43. The third-order valence-corrected chi connectivity index (χ3v) is 10.7. The lowest BCUT2D eigenvalue weighted by Crippen LogP contribution is -2.52. The number of hydrogen-bond donors (Lipinski definition) is 2. The summed E-state index contributed by atoms with van der Waals surface area (Å²) in [6, 6.07) is 11.7. The van der Waals surface area contributed by atoms with E-state index >= 15 is 0 Å². The van der Waals surface area contributed by atoms with Crippen LogP contribution < -0.4 is 25.6 Å². The smallest absolute Gasteiger partial charge is 0.229 e. The molecule has 2 aliphatic heterocycles. The van der Waals surface area contributed by atoms with Crippen molar-refractivity contribution in [3.05, 3.63) is 52.1 Å². The fourth-order valence-corrected chi connectivity index (χ4v) is 7.40. The summed E-state index contributed by atoms with van der Waals surface area (Å²) in [6.45, 7) is 18.1. The Hall–Kier alpha value is -2.45. The third-order valence-electron chi connectivity index (χ3n) is 8.79. The Labute approximate surface area is 267 Å². The van der Waals surface area contributed by atoms with Gasteiger partial charge < -0.3 is 25.2 Å². The molecule has 1 aromatic heterocycles. The normalized spacial score (nSPS) is 17.1. The van der Waals surface area contributed by atoms with Gasteiger partial charge in [-0.05, 0) is 96.6 Å². The van der Waals surface area contributed by atoms with Crippen LogP contribution in [0.5, 0.6) is 5.75 Å². The molecule has 2 aliphatic rings. The van der Waals surface area contributed by atoms with Crippen LogP contribution in [0.1, 0.15) is 43.7 Å². The zero-order chi connectivity index (χ0) is 30.7. The van der Waals surface area contributed by atoms with Gasteiger partial charge in [0.25, 0.3) is 0 Å². The van der Waals surface area contributed by atoms with Gasteiger partial charge in [0.1, 0.15) is 11.6 Å². The van der Waals surface area contributed by atoms with Gasteiger partial charge in [-0.2, -0.15) is 4.98 Å². The highest BCUT2D eigenvalue weighted by atomic mass is 79.9. The predicted molar refractivity (Wildman–Crippen MR) is 187 cm³/mol. The fourth-order valence-electron chi connectivity index (χ4n) is 6.09. The molecule has 232 valence electrons. The van der Waals surface area contributed by atoms with Crippen LogP contribution in [0, 0.1) is 6.92 Å². The van der Waals surface area contributed by atoms with Crippen LogP contribution >= 0.6 is 23.9 Å². The minimum absolute atomic E-state index is 0.299. The molecule has 0 spiro atoms. The Morgan fingerprint density at radius 1 is 0.977 bits per heavy atom. The van der Waals surface area contributed by atoms with Crippen molar-refractivity contribution in [3.63, 3.8) is 0 Å². The van der Waals surface area contributed by atoms with E-state index in [0.29, 0.717) is 17.9 Å². The van der Waals surface area contributed by atoms with E-state index in [0.717, 1.165) is 40.5 Å². The predicted octanol–water partition coefficient (Wildman–Crippen LogP) is 6.75. The van der Waals surface area contributed by atoms with Crippen LogP contribution in [0.4, 0.5) is 28.8 Å². The maximum atomic E-state index is 5.87. The topological polar surface area (TPSA) is 68.8 Å². The zero-order valence-electron chi connectivity index (χ0n) is 26.7. The van der Waals surface area contributed by atoms with Crippen molar-refractivity contribution in [3.8, 4) is 5.75 Å². The Kier molecular flexibility index (Phi) is 10.5. The number of ether oxygens (including phenoxy) is 1. The molecule has 0 unspecified atom stereocenters. The van der Waals surface area contributed by atoms with Gasteiger partial charge in [-0.25, -0.2) is 4.98 Å². The van der Waals surface area contributed by atoms with E-state index in [2.05, 4.69) is 118 Å². The summed E-state index contributed by atoms with van der Waals surface area (Å²) in [5.74, 6) is 2.52. The molecule has 8 nitrogen and oxygen atoms in total. The number of likely N-dealkylation sites (N-methyl/N-ethyl adjacent to an activating group) is 1. The third kappa shape index (κ3) is 7.62. The van der Waals surface area contributed by atoms with Crippen molar-refractivity contribution in [2.45, 2.75) is 45.6 Å². The molecule has 2 fully saturated rings. The minimum atomic E-state index is -0.299. The first kappa shape index (κ1) is 32.0. The number of nitrogens with one attached hydrogen (secondary N) is 2. The summed E-state index contributed by atoms with van der Waals surface area (Å²) in [6.07, 6.45) is 4.19. The lowest BCUT2D eigenvalue weighted by molar-refractivity contribution is 0.0982. The number of nitrogens with zero attached hydrogens (tertiary/aromatic N) is 5. The van der Waals surface area contributed by atoms with Gasteiger partial charge in [-0.1, -0.05) is 27.8 Å². The van der Waals surface area contributed by atoms with Gasteiger partial charge >= 0.3 is 0 Å². The number of benzene rings is 2. The first-order valence-corrected chi connectivity index (χ1v) is 18.4. The van der Waals surface area contributed by atoms with Gasteiger partial charge in [0.15, 0.2) is 0 Å². The van der Waals surface area contributed by atoms with Crippen molar-refractivity contribution in [2.24, 2.45) is 0 Å². The largest absolute Gasteiger partial charge is 0.494 e. The van der Waals surface area contributed by atoms with Crippen LogP contribution in [0.3, 0.4) is 0 Å². The number of hydrogen-bond acceptors (Lipinski definition) is 8. The molecule has 0 saturated carbocycles. The summed E-state index contributed by atoms with van der Waals surface area (Å²) in [4.78, 5) is 17.1. The van der Waals surface area contributed by atoms with Crippen molar-refractivity contribution in [2.75, 3.05) is 82.3 Å². The van der Waals surface area contributed by atoms with E-state index in [4.69, 9.17) is 9.72 Å². The van der Waals surface area contributed by atoms with E-state index in [9.17, 15) is 0 Å². The van der Waals surface area contributed by atoms with Crippen LogP contribution in [-0.2, 0) is 0 Å². The van der Waals surface area contributed by atoms with Crippen LogP contribution in [0.25, 0.3) is 0 Å². The van der Waals surface area contributed by atoms with Crippen molar-refractivity contribution < 1.29 is 4.74 Å². The zero-order valence-corrected chi connectivity index (χ0v) is 29.2. The monoisotopic (exact) mass is 667 g/mol. The summed E-state index contributed by atoms with van der Waals surface area (Å²) in [5.41, 5.74) is 5.75. The molecule has 3 aromatic rings. The fraction of sp³-hybridized carbons (Fsp3) is 0.515. The molecule has 0 atom stereocenters. The average molecular weight is 669 g/mol. The molecule has 2 aromatic carbocycles. The van der Waals surface area contributed by atoms with Crippen LogP contribution in [0.2, 0.25) is 0 Å². The van der Waals surface area contributed by atoms with E-state index in [1.54, 1.807) is 13.3 Å². The first-order chi connectivity index (χ1) is 20.6. The molecular formula is C33H47BrN7OP. The summed E-state index contributed by atoms with van der Waals surface area (Å²) in [5, 5.41) is 8.33. The number of anilines is 5. The second-order valence-electron chi connectivity index (χ2n) is 12.4. The molecule has 2 saturated heterocycles. The van der Waals surface area contributed by atoms with Crippen LogP contribution in [0.15, 0.2) is 41.0 Å². The number of rotatable bonds is 9. The maximum Gasteiger partial charge on any atom is 0.229 e. The highest BCUT2D eigenvalue weighted by Gasteiger charge is 2.27. The van der Waals surface area contributed by atoms with Gasteiger partial charge in [0.2, 0.25) is 5.95 Å². The highest BCUT2D eigenvalue weighted by molar-refractivity contribution is 9.10. The van der Waals surface area contributed by atoms with E-state index in [-0.39, 0.29) is 7.92 Å². The Bertz CT molecular complexity index is 1400. The number of aryl methyl sites for hydroxylation is 1. The maximum absolute atomic E-state index is 5.87. The molecule has 0 radical (unpaired) electrons. The van der Waals surface area contributed by atoms with Gasteiger partial charge in [-0.3, -0.25) is 4.90 Å². The molecule has 2 N–H and O–H groups in total. The lowest BCUT2D eigenvalue weighted by atomic mass is 10.0. The Morgan fingerprint density at radius 2 is 1.70 bits per heavy atom. The summed E-state index contributed by atoms with van der Waals surface area (Å²) < 4.78 is 6.68. The number of halogens is 1. The van der Waals surface area contributed by atoms with Crippen molar-refractivity contribution in [1.29, 1.82) is 0 Å². The Balaban J connectivity index is 1.31. The quantitative estimate of drug-likeness (QED) is 0.243. The first-order valence-electron chi connectivity index (χ1n) is 15.4. The SMILES string of the molecule is COc1cc(N2CCC(N3CCN(C)CC3)CC2)c(C)cc1Nc1ncc(Br)c(Nc2ccc(C(C)C)cc2P(C)C)n1. The molecule has 3 heterocycles. The molecule has 0 bridgehead atoms. The highest BCUT2D eigenvalue weighted by Crippen LogP contribution is 2.37. The van der Waals surface area contributed by atoms with Crippen molar-refractivity contribution in [1.82, 2.24) is 19.8 Å². The van der Waals surface area contributed by atoms with E-state index in [1.807, 2.05) is 0 Å². The van der Waals surface area contributed by atoms with E-state index < -0.39 is 0 Å². The second kappa shape index (κ2) is 14.1. The molecule has 0 aliphatic carbocycles. The van der Waals surface area contributed by atoms with Crippen molar-refractivity contribution >= 4 is 58.0 Å². The number of aromatic nitrogens is 2. The number of piperidine rings is 1. The van der Waals surface area contributed by atoms with Gasteiger partial charge in [0.05, 0.1) is 17.3 Å². The number of piperazine rings is 1.